The van der Waals surface area contributed by atoms with Gasteiger partial charge in [0.05, 0.1) is 23.0 Å². The van der Waals surface area contributed by atoms with Crippen LogP contribution in [0, 0.1) is 13.8 Å². The summed E-state index contributed by atoms with van der Waals surface area (Å²) in [6.07, 6.45) is -0.232. The molecular weight excluding hydrogens is 244 g/mol. The van der Waals surface area contributed by atoms with Gasteiger partial charge in [0, 0.05) is 0 Å². The van der Waals surface area contributed by atoms with Crippen molar-refractivity contribution in [1.82, 2.24) is 9.78 Å². The maximum Gasteiger partial charge on any atom is 0.313 e. The van der Waals surface area contributed by atoms with Gasteiger partial charge in [0.15, 0.2) is 5.78 Å². The highest BCUT2D eigenvalue weighted by Gasteiger charge is 2.15. The Morgan fingerprint density at radius 2 is 2.06 bits per heavy atom. The Bertz CT molecular complexity index is 440. The summed E-state index contributed by atoms with van der Waals surface area (Å²) in [6, 6.07) is 0. The van der Waals surface area contributed by atoms with E-state index in [0.717, 1.165) is 5.69 Å². The van der Waals surface area contributed by atoms with Crippen LogP contribution in [0.2, 0.25) is 5.02 Å². The van der Waals surface area contributed by atoms with Gasteiger partial charge in [-0.3, -0.25) is 14.3 Å². The van der Waals surface area contributed by atoms with Crippen LogP contribution in [0.3, 0.4) is 0 Å². The van der Waals surface area contributed by atoms with E-state index in [9.17, 15) is 9.59 Å². The fourth-order valence-electron chi connectivity index (χ4n) is 1.42. The molecule has 0 atom stereocenters. The maximum atomic E-state index is 11.6. The van der Waals surface area contributed by atoms with Crippen molar-refractivity contribution in [3.63, 3.8) is 0 Å². The van der Waals surface area contributed by atoms with E-state index in [1.807, 2.05) is 0 Å². The lowest BCUT2D eigenvalue weighted by atomic mass is 10.3. The lowest BCUT2D eigenvalue weighted by molar-refractivity contribution is -0.145. The lowest BCUT2D eigenvalue weighted by Crippen LogP contribution is -2.17. The van der Waals surface area contributed by atoms with Gasteiger partial charge in [0.1, 0.15) is 13.0 Å². The third-order valence-electron chi connectivity index (χ3n) is 2.27. The van der Waals surface area contributed by atoms with Crippen molar-refractivity contribution in [1.29, 1.82) is 0 Å². The third-order valence-corrected chi connectivity index (χ3v) is 2.81. The lowest BCUT2D eigenvalue weighted by Gasteiger charge is -2.03. The molecule has 0 radical (unpaired) electrons. The topological polar surface area (TPSA) is 61.2 Å². The molecule has 0 aliphatic heterocycles. The number of ether oxygens (including phenoxy) is 1. The first-order valence-electron chi connectivity index (χ1n) is 5.32. The molecule has 5 nitrogen and oxygen atoms in total. The summed E-state index contributed by atoms with van der Waals surface area (Å²) in [6.45, 7) is 5.56. The van der Waals surface area contributed by atoms with Crippen molar-refractivity contribution in [2.75, 3.05) is 6.61 Å². The van der Waals surface area contributed by atoms with Gasteiger partial charge in [-0.15, -0.1) is 0 Å². The van der Waals surface area contributed by atoms with Gasteiger partial charge in [-0.05, 0) is 20.8 Å². The molecule has 0 saturated heterocycles. The number of carbonyl (C=O) groups excluding carboxylic acids is 2. The molecule has 0 aliphatic carbocycles. The molecule has 1 rings (SSSR count). The highest BCUT2D eigenvalue weighted by molar-refractivity contribution is 6.31. The average molecular weight is 259 g/mol. The van der Waals surface area contributed by atoms with Crippen LogP contribution in [0.1, 0.15) is 24.7 Å². The van der Waals surface area contributed by atoms with Crippen LogP contribution in [-0.2, 0) is 20.9 Å². The Balaban J connectivity index is 2.62. The second-order valence-corrected chi connectivity index (χ2v) is 4.04. The predicted octanol–water partition coefficient (Wildman–Crippen LogP) is 1.68. The van der Waals surface area contributed by atoms with Gasteiger partial charge < -0.3 is 4.74 Å². The minimum absolute atomic E-state index is 0.0399. The van der Waals surface area contributed by atoms with Gasteiger partial charge in [-0.2, -0.15) is 5.10 Å². The zero-order chi connectivity index (χ0) is 13.0. The number of esters is 1. The standard InChI is InChI=1S/C11H15ClN2O3/c1-4-17-10(16)5-9(15)6-14-8(3)11(12)7(2)13-14/h4-6H2,1-3H3. The number of ketones is 1. The zero-order valence-electron chi connectivity index (χ0n) is 10.1. The van der Waals surface area contributed by atoms with E-state index < -0.39 is 5.97 Å². The van der Waals surface area contributed by atoms with Gasteiger partial charge in [-0.1, -0.05) is 11.6 Å². The molecule has 0 fully saturated rings. The van der Waals surface area contributed by atoms with Crippen molar-refractivity contribution >= 4 is 23.4 Å². The summed E-state index contributed by atoms with van der Waals surface area (Å²) in [4.78, 5) is 22.7. The number of hydrogen-bond acceptors (Lipinski definition) is 4. The van der Waals surface area contributed by atoms with E-state index in [4.69, 9.17) is 16.3 Å². The van der Waals surface area contributed by atoms with E-state index in [1.165, 1.54) is 4.68 Å². The van der Waals surface area contributed by atoms with Crippen LogP contribution in [0.4, 0.5) is 0 Å². The van der Waals surface area contributed by atoms with Crippen LogP contribution in [-0.4, -0.2) is 28.1 Å². The van der Waals surface area contributed by atoms with Gasteiger partial charge >= 0.3 is 5.97 Å². The molecule has 0 amide bonds. The van der Waals surface area contributed by atoms with Gasteiger partial charge in [0.2, 0.25) is 0 Å². The fourth-order valence-corrected chi connectivity index (χ4v) is 1.56. The van der Waals surface area contributed by atoms with Crippen molar-refractivity contribution in [2.45, 2.75) is 33.7 Å². The Kier molecular flexibility index (Phi) is 4.69. The highest BCUT2D eigenvalue weighted by Crippen LogP contribution is 2.18. The highest BCUT2D eigenvalue weighted by atomic mass is 35.5. The molecule has 6 heteroatoms. The molecule has 0 spiro atoms. The number of rotatable bonds is 5. The molecule has 0 aliphatic rings. The molecule has 0 N–H and O–H groups in total. The van der Waals surface area contributed by atoms with Crippen LogP contribution in [0.5, 0.6) is 0 Å². The van der Waals surface area contributed by atoms with E-state index in [2.05, 4.69) is 5.10 Å². The maximum absolute atomic E-state index is 11.6. The second-order valence-electron chi connectivity index (χ2n) is 3.66. The Labute approximate surface area is 105 Å². The van der Waals surface area contributed by atoms with Gasteiger partial charge in [0.25, 0.3) is 0 Å². The molecule has 1 aromatic rings. The van der Waals surface area contributed by atoms with Crippen LogP contribution in [0.15, 0.2) is 0 Å². The number of aryl methyl sites for hydroxylation is 1. The number of nitrogens with zero attached hydrogens (tertiary/aromatic N) is 2. The smallest absolute Gasteiger partial charge is 0.313 e. The first kappa shape index (κ1) is 13.7. The quantitative estimate of drug-likeness (QED) is 0.595. The number of Topliss-reactive ketones (excluding diaryl/α,β-unsaturated/α-hetero) is 1. The monoisotopic (exact) mass is 258 g/mol. The number of hydrogen-bond donors (Lipinski definition) is 0. The predicted molar refractivity (Wildman–Crippen MR) is 63.0 cm³/mol. The third kappa shape index (κ3) is 3.56. The summed E-state index contributed by atoms with van der Waals surface area (Å²) in [7, 11) is 0. The van der Waals surface area contributed by atoms with Crippen LogP contribution >= 0.6 is 11.6 Å². The van der Waals surface area contributed by atoms with E-state index >= 15 is 0 Å². The SMILES string of the molecule is CCOC(=O)CC(=O)Cn1nc(C)c(Cl)c1C. The Hall–Kier alpha value is -1.36. The summed E-state index contributed by atoms with van der Waals surface area (Å²) < 4.78 is 6.19. The van der Waals surface area contributed by atoms with E-state index in [0.29, 0.717) is 10.7 Å². The minimum Gasteiger partial charge on any atom is -0.466 e. The van der Waals surface area contributed by atoms with Crippen LogP contribution < -0.4 is 0 Å². The summed E-state index contributed by atoms with van der Waals surface area (Å²) in [5, 5.41) is 4.66. The number of halogens is 1. The Morgan fingerprint density at radius 1 is 1.41 bits per heavy atom. The summed E-state index contributed by atoms with van der Waals surface area (Å²) in [5.41, 5.74) is 1.40. The Morgan fingerprint density at radius 3 is 2.53 bits per heavy atom. The molecule has 0 aromatic carbocycles. The van der Waals surface area contributed by atoms with Crippen molar-refractivity contribution in [3.05, 3.63) is 16.4 Å². The first-order chi connectivity index (χ1) is 7.95. The van der Waals surface area contributed by atoms with E-state index in [1.54, 1.807) is 20.8 Å². The molecule has 0 unspecified atom stereocenters. The summed E-state index contributed by atoms with van der Waals surface area (Å²) >= 11 is 5.95. The number of aromatic nitrogens is 2. The van der Waals surface area contributed by atoms with Crippen LogP contribution in [0.25, 0.3) is 0 Å². The molecule has 17 heavy (non-hydrogen) atoms. The fraction of sp³-hybridized carbons (Fsp3) is 0.545. The van der Waals surface area contributed by atoms with Crippen molar-refractivity contribution in [3.8, 4) is 0 Å². The normalized spacial score (nSPS) is 10.4. The second kappa shape index (κ2) is 5.82. The molecule has 94 valence electrons. The largest absolute Gasteiger partial charge is 0.466 e. The molecule has 1 aromatic heterocycles. The molecule has 0 bridgehead atoms. The minimum atomic E-state index is -0.509. The molecule has 0 saturated carbocycles. The first-order valence-corrected chi connectivity index (χ1v) is 5.70. The molecule has 1 heterocycles. The van der Waals surface area contributed by atoms with Crippen molar-refractivity contribution < 1.29 is 14.3 Å². The zero-order valence-corrected chi connectivity index (χ0v) is 10.9. The molecular formula is C11H15ClN2O3. The average Bonchev–Trinajstić information content (AvgIpc) is 2.46. The van der Waals surface area contributed by atoms with Crippen molar-refractivity contribution in [2.24, 2.45) is 0 Å². The van der Waals surface area contributed by atoms with Gasteiger partial charge in [-0.25, -0.2) is 0 Å². The summed E-state index contributed by atoms with van der Waals surface area (Å²) in [5.74, 6) is -0.754. The number of carbonyl (C=O) groups is 2. The van der Waals surface area contributed by atoms with E-state index in [-0.39, 0.29) is 25.4 Å².